The summed E-state index contributed by atoms with van der Waals surface area (Å²) >= 11 is 0. The van der Waals surface area contributed by atoms with Gasteiger partial charge in [0.15, 0.2) is 6.29 Å². The maximum absolute atomic E-state index is 13.1. The Hall–Kier alpha value is -1.09. The Morgan fingerprint density at radius 3 is 2.33 bits per heavy atom. The molecular weight excluding hydrogens is 554 g/mol. The second-order valence-corrected chi connectivity index (χ2v) is 12.4. The maximum Gasteiger partial charge on any atom is 0.252 e. The molecule has 0 spiro atoms. The van der Waals surface area contributed by atoms with Crippen LogP contribution < -0.4 is 39.3 Å². The molecule has 13 unspecified atom stereocenters. The Balaban J connectivity index is 1.60. The van der Waals surface area contributed by atoms with Gasteiger partial charge in [-0.05, 0) is 38.8 Å². The third-order valence-electron chi connectivity index (χ3n) is 9.29. The van der Waals surface area contributed by atoms with Gasteiger partial charge in [0.1, 0.15) is 30.0 Å². The number of rotatable bonds is 11. The summed E-state index contributed by atoms with van der Waals surface area (Å²) in [6, 6.07) is -3.28. The lowest BCUT2D eigenvalue weighted by molar-refractivity contribution is -0.306. The predicted octanol–water partition coefficient (Wildman–Crippen LogP) is -6.00. The Bertz CT molecular complexity index is 883. The Labute approximate surface area is 245 Å². The van der Waals surface area contributed by atoms with Gasteiger partial charge in [0.05, 0.1) is 37.0 Å². The van der Waals surface area contributed by atoms with Crippen molar-refractivity contribution >= 4 is 5.91 Å². The molecule has 2 saturated carbocycles. The van der Waals surface area contributed by atoms with Crippen LogP contribution in [-0.4, -0.2) is 143 Å². The van der Waals surface area contributed by atoms with E-state index >= 15 is 0 Å². The van der Waals surface area contributed by atoms with E-state index in [1.165, 1.54) is 0 Å². The molecule has 2 aliphatic carbocycles. The molecule has 2 saturated heterocycles. The first-order chi connectivity index (χ1) is 19.9. The molecule has 4 rings (SSSR count). The lowest BCUT2D eigenvalue weighted by Gasteiger charge is -2.52. The predicted molar refractivity (Wildman–Crippen MR) is 149 cm³/mol. The number of hydrogen-bond acceptors (Lipinski definition) is 15. The second-order valence-electron chi connectivity index (χ2n) is 12.4. The summed E-state index contributed by atoms with van der Waals surface area (Å²) in [5.41, 5.74) is 28.4. The number of aliphatic hydroxyl groups excluding tert-OH is 4. The van der Waals surface area contributed by atoms with Gasteiger partial charge >= 0.3 is 0 Å². The van der Waals surface area contributed by atoms with Gasteiger partial charge in [-0.15, -0.1) is 0 Å². The number of carbonyl (C=O) groups is 1. The minimum atomic E-state index is -1.66. The van der Waals surface area contributed by atoms with Crippen molar-refractivity contribution < 1.29 is 44.5 Å². The fraction of sp³-hybridized carbons (Fsp3) is 0.962. The van der Waals surface area contributed by atoms with Gasteiger partial charge in [0, 0.05) is 43.4 Å². The van der Waals surface area contributed by atoms with Crippen LogP contribution in [0, 0.1) is 5.92 Å². The topological polar surface area (TPSA) is 300 Å². The van der Waals surface area contributed by atoms with Crippen molar-refractivity contribution in [1.29, 1.82) is 0 Å². The lowest BCUT2D eigenvalue weighted by Crippen LogP contribution is -2.71. The number of aliphatic hydroxyl groups is 5. The minimum Gasteiger partial charge on any atom is -0.394 e. The van der Waals surface area contributed by atoms with Gasteiger partial charge < -0.3 is 79.0 Å². The van der Waals surface area contributed by atoms with Gasteiger partial charge in [-0.1, -0.05) is 0 Å². The van der Waals surface area contributed by atoms with Gasteiger partial charge in [0.25, 0.3) is 5.91 Å². The molecule has 0 radical (unpaired) electrons. The van der Waals surface area contributed by atoms with E-state index in [0.29, 0.717) is 13.1 Å². The molecule has 0 aromatic heterocycles. The fourth-order valence-electron chi connectivity index (χ4n) is 6.78. The first-order valence-electron chi connectivity index (χ1n) is 15.0. The highest BCUT2D eigenvalue weighted by atomic mass is 16.7. The van der Waals surface area contributed by atoms with E-state index in [1.807, 2.05) is 0 Å². The van der Waals surface area contributed by atoms with Crippen LogP contribution in [0.25, 0.3) is 0 Å². The van der Waals surface area contributed by atoms with Crippen molar-refractivity contribution in [2.24, 2.45) is 34.6 Å². The van der Waals surface area contributed by atoms with E-state index in [-0.39, 0.29) is 44.0 Å². The lowest BCUT2D eigenvalue weighted by atomic mass is 9.71. The van der Waals surface area contributed by atoms with Crippen molar-refractivity contribution in [2.45, 2.75) is 123 Å². The molecular formula is C26H51N7O9. The van der Waals surface area contributed by atoms with E-state index in [2.05, 4.69) is 10.6 Å². The SMILES string of the molecule is NCCCNC1CCC(CN)OC1C1C(N)CC(NC(=O)C2(O)CC(N)C2)C(OC2OC(CO)C(O)C(N)C2O)C1O. The van der Waals surface area contributed by atoms with Gasteiger partial charge in [-0.25, -0.2) is 0 Å². The Kier molecular flexibility index (Phi) is 11.5. The van der Waals surface area contributed by atoms with E-state index < -0.39 is 85.1 Å². The molecule has 244 valence electrons. The summed E-state index contributed by atoms with van der Waals surface area (Å²) in [6.07, 6.45) is -6.39. The summed E-state index contributed by atoms with van der Waals surface area (Å²) in [5.74, 6) is -1.37. The molecule has 13 atom stereocenters. The highest BCUT2D eigenvalue weighted by Gasteiger charge is 2.55. The number of nitrogens with one attached hydrogen (secondary N) is 2. The van der Waals surface area contributed by atoms with E-state index in [0.717, 1.165) is 19.3 Å². The molecule has 16 heteroatoms. The Morgan fingerprint density at radius 2 is 1.71 bits per heavy atom. The van der Waals surface area contributed by atoms with Gasteiger partial charge in [-0.3, -0.25) is 4.79 Å². The van der Waals surface area contributed by atoms with Crippen LogP contribution in [0.3, 0.4) is 0 Å². The first kappa shape index (κ1) is 33.8. The number of amides is 1. The average Bonchev–Trinajstić information content (AvgIpc) is 2.94. The van der Waals surface area contributed by atoms with Crippen LogP contribution >= 0.6 is 0 Å². The zero-order valence-corrected chi connectivity index (χ0v) is 23.9. The van der Waals surface area contributed by atoms with E-state index in [9.17, 15) is 30.3 Å². The Morgan fingerprint density at radius 1 is 1.00 bits per heavy atom. The summed E-state index contributed by atoms with van der Waals surface area (Å²) in [5, 5.41) is 59.6. The van der Waals surface area contributed by atoms with Crippen LogP contribution in [0.4, 0.5) is 0 Å². The van der Waals surface area contributed by atoms with Crippen LogP contribution in [0.15, 0.2) is 0 Å². The normalized spacial score (nSPS) is 48.0. The van der Waals surface area contributed by atoms with Crippen LogP contribution in [0.2, 0.25) is 0 Å². The van der Waals surface area contributed by atoms with Crippen molar-refractivity contribution in [2.75, 3.05) is 26.2 Å². The molecule has 2 aliphatic heterocycles. The van der Waals surface area contributed by atoms with E-state index in [4.69, 9.17) is 42.9 Å². The second kappa shape index (κ2) is 14.3. The summed E-state index contributed by atoms with van der Waals surface area (Å²) in [4.78, 5) is 13.1. The highest BCUT2D eigenvalue weighted by Crippen LogP contribution is 2.38. The molecule has 2 heterocycles. The summed E-state index contributed by atoms with van der Waals surface area (Å²) in [6.45, 7) is 0.833. The molecule has 17 N–H and O–H groups in total. The monoisotopic (exact) mass is 605 g/mol. The maximum atomic E-state index is 13.1. The number of nitrogens with two attached hydrogens (primary N) is 5. The number of ether oxygens (including phenoxy) is 3. The molecule has 0 aromatic carbocycles. The van der Waals surface area contributed by atoms with Crippen molar-refractivity contribution in [3.05, 3.63) is 0 Å². The molecule has 16 nitrogen and oxygen atoms in total. The summed E-state index contributed by atoms with van der Waals surface area (Å²) in [7, 11) is 0. The molecule has 4 fully saturated rings. The van der Waals surface area contributed by atoms with Crippen molar-refractivity contribution in [3.8, 4) is 0 Å². The highest BCUT2D eigenvalue weighted by molar-refractivity contribution is 5.86. The van der Waals surface area contributed by atoms with Crippen molar-refractivity contribution in [3.63, 3.8) is 0 Å². The zero-order valence-electron chi connectivity index (χ0n) is 23.9. The molecule has 0 bridgehead atoms. The van der Waals surface area contributed by atoms with Crippen LogP contribution in [-0.2, 0) is 19.0 Å². The number of carbonyl (C=O) groups excluding carboxylic acids is 1. The third-order valence-corrected chi connectivity index (χ3v) is 9.29. The van der Waals surface area contributed by atoms with Crippen LogP contribution in [0.1, 0.15) is 38.5 Å². The standard InChI is InChI=1S/C26H51N7O9/c27-4-1-5-32-14-3-2-12(9-28)40-22(14)17-13(30)6-15(33-25(38)26(39)7-11(29)8-26)23(20(17)36)42-24-21(37)18(31)19(35)16(10-34)41-24/h11-24,32,34-37,39H,1-10,27-31H2,(H,33,38). The van der Waals surface area contributed by atoms with Crippen molar-refractivity contribution in [1.82, 2.24) is 10.6 Å². The first-order valence-corrected chi connectivity index (χ1v) is 15.0. The number of hydrogen-bond donors (Lipinski definition) is 12. The third kappa shape index (κ3) is 7.07. The molecule has 0 aromatic rings. The molecule has 42 heavy (non-hydrogen) atoms. The summed E-state index contributed by atoms with van der Waals surface area (Å²) < 4.78 is 18.1. The quantitative estimate of drug-likeness (QED) is 0.0975. The molecule has 1 amide bonds. The fourth-order valence-corrected chi connectivity index (χ4v) is 6.78. The average molecular weight is 606 g/mol. The van der Waals surface area contributed by atoms with E-state index in [1.54, 1.807) is 0 Å². The molecule has 4 aliphatic rings. The van der Waals surface area contributed by atoms with Crippen LogP contribution in [0.5, 0.6) is 0 Å². The largest absolute Gasteiger partial charge is 0.394 e. The van der Waals surface area contributed by atoms with Gasteiger partial charge in [-0.2, -0.15) is 0 Å². The smallest absolute Gasteiger partial charge is 0.252 e. The zero-order chi connectivity index (χ0) is 30.8. The minimum absolute atomic E-state index is 0.0796. The van der Waals surface area contributed by atoms with Gasteiger partial charge in [0.2, 0.25) is 0 Å².